The van der Waals surface area contributed by atoms with Gasteiger partial charge in [-0.2, -0.15) is 0 Å². The molecule has 2 heterocycles. The Kier molecular flexibility index (Phi) is 8.24. The highest BCUT2D eigenvalue weighted by atomic mass is 35.5. The lowest BCUT2D eigenvalue weighted by atomic mass is 9.98. The third kappa shape index (κ3) is 5.29. The van der Waals surface area contributed by atoms with E-state index in [2.05, 4.69) is 15.2 Å². The lowest BCUT2D eigenvalue weighted by molar-refractivity contribution is -0.121. The number of likely N-dealkylation sites (tertiary alicyclic amines) is 1. The van der Waals surface area contributed by atoms with Gasteiger partial charge in [-0.1, -0.05) is 19.3 Å². The molecule has 1 aliphatic heterocycles. The molecule has 23 heavy (non-hydrogen) atoms. The molecule has 3 N–H and O–H groups in total. The molecule has 132 valence electrons. The molecule has 1 aromatic heterocycles. The molecule has 1 saturated carbocycles. The number of aromatic nitrogens is 1. The first-order valence-electron chi connectivity index (χ1n) is 7.93. The topological polar surface area (TPSA) is 71.2 Å². The van der Waals surface area contributed by atoms with Crippen LogP contribution in [0.5, 0.6) is 0 Å². The highest BCUT2D eigenvalue weighted by molar-refractivity contribution is 7.13. The SMILES string of the molecule is Cl.Cl.NC1(C(=O)Nc2nc(CN3CCCCC3)cs2)CCCC1. The first-order valence-corrected chi connectivity index (χ1v) is 8.81. The number of nitrogens with zero attached hydrogens (tertiary/aromatic N) is 2. The van der Waals surface area contributed by atoms with Crippen LogP contribution in [0.15, 0.2) is 5.38 Å². The molecule has 1 amide bonds. The summed E-state index contributed by atoms with van der Waals surface area (Å²) in [5.74, 6) is -0.0705. The van der Waals surface area contributed by atoms with Gasteiger partial charge in [0.15, 0.2) is 5.13 Å². The molecule has 3 rings (SSSR count). The maximum absolute atomic E-state index is 12.3. The van der Waals surface area contributed by atoms with Gasteiger partial charge in [0.1, 0.15) is 0 Å². The van der Waals surface area contributed by atoms with Crippen molar-refractivity contribution in [2.45, 2.75) is 57.0 Å². The molecule has 0 aromatic carbocycles. The fraction of sp³-hybridized carbons (Fsp3) is 0.733. The molecule has 1 saturated heterocycles. The van der Waals surface area contributed by atoms with Gasteiger partial charge in [0.05, 0.1) is 11.2 Å². The minimum Gasteiger partial charge on any atom is -0.317 e. The molecule has 0 atom stereocenters. The van der Waals surface area contributed by atoms with E-state index in [-0.39, 0.29) is 30.7 Å². The summed E-state index contributed by atoms with van der Waals surface area (Å²) in [6, 6.07) is 0. The molecule has 1 aromatic rings. The summed E-state index contributed by atoms with van der Waals surface area (Å²) < 4.78 is 0. The predicted molar refractivity (Wildman–Crippen MR) is 99.8 cm³/mol. The van der Waals surface area contributed by atoms with Gasteiger partial charge >= 0.3 is 0 Å². The van der Waals surface area contributed by atoms with E-state index in [4.69, 9.17) is 5.73 Å². The maximum atomic E-state index is 12.3. The molecule has 5 nitrogen and oxygen atoms in total. The van der Waals surface area contributed by atoms with Crippen LogP contribution in [-0.4, -0.2) is 34.4 Å². The second-order valence-corrected chi connectivity index (χ2v) is 7.16. The Hall–Kier alpha value is -0.400. The molecular weight excluding hydrogens is 355 g/mol. The predicted octanol–water partition coefficient (Wildman–Crippen LogP) is 3.18. The smallest absolute Gasteiger partial charge is 0.246 e. The lowest BCUT2D eigenvalue weighted by Crippen LogP contribution is -2.48. The van der Waals surface area contributed by atoms with E-state index < -0.39 is 5.54 Å². The van der Waals surface area contributed by atoms with Crippen LogP contribution in [0.4, 0.5) is 5.13 Å². The van der Waals surface area contributed by atoms with Gasteiger partial charge in [0.25, 0.3) is 0 Å². The van der Waals surface area contributed by atoms with Crippen molar-refractivity contribution in [2.75, 3.05) is 18.4 Å². The van der Waals surface area contributed by atoms with Crippen LogP contribution >= 0.6 is 36.2 Å². The Labute approximate surface area is 154 Å². The number of carbonyl (C=O) groups excluding carboxylic acids is 1. The van der Waals surface area contributed by atoms with Crippen molar-refractivity contribution in [3.63, 3.8) is 0 Å². The highest BCUT2D eigenvalue weighted by Crippen LogP contribution is 2.29. The number of halogens is 2. The lowest BCUT2D eigenvalue weighted by Gasteiger charge is -2.25. The van der Waals surface area contributed by atoms with E-state index in [1.54, 1.807) is 0 Å². The average Bonchev–Trinajstić information content (AvgIpc) is 3.10. The van der Waals surface area contributed by atoms with Gasteiger partial charge in [-0.05, 0) is 38.8 Å². The van der Waals surface area contributed by atoms with Gasteiger partial charge in [-0.25, -0.2) is 4.98 Å². The monoisotopic (exact) mass is 380 g/mol. The molecule has 0 bridgehead atoms. The summed E-state index contributed by atoms with van der Waals surface area (Å²) in [7, 11) is 0. The summed E-state index contributed by atoms with van der Waals surface area (Å²) in [5.41, 5.74) is 6.53. The van der Waals surface area contributed by atoms with Crippen molar-refractivity contribution in [1.82, 2.24) is 9.88 Å². The van der Waals surface area contributed by atoms with Gasteiger partial charge in [0, 0.05) is 11.9 Å². The van der Waals surface area contributed by atoms with Gasteiger partial charge in [0.2, 0.25) is 5.91 Å². The van der Waals surface area contributed by atoms with Crippen LogP contribution in [-0.2, 0) is 11.3 Å². The Morgan fingerprint density at radius 2 is 1.87 bits per heavy atom. The third-order valence-electron chi connectivity index (χ3n) is 4.55. The summed E-state index contributed by atoms with van der Waals surface area (Å²) in [4.78, 5) is 19.2. The first-order chi connectivity index (χ1) is 10.2. The molecule has 1 aliphatic carbocycles. The third-order valence-corrected chi connectivity index (χ3v) is 5.36. The number of thiazole rings is 1. The van der Waals surface area contributed by atoms with E-state index in [9.17, 15) is 4.79 Å². The van der Waals surface area contributed by atoms with Crippen molar-refractivity contribution in [2.24, 2.45) is 5.73 Å². The Balaban J connectivity index is 0.00000132. The van der Waals surface area contributed by atoms with Crippen LogP contribution in [0, 0.1) is 0 Å². The van der Waals surface area contributed by atoms with Crippen LogP contribution < -0.4 is 11.1 Å². The fourth-order valence-electron chi connectivity index (χ4n) is 3.24. The molecule has 0 radical (unpaired) electrons. The van der Waals surface area contributed by atoms with Crippen molar-refractivity contribution < 1.29 is 4.79 Å². The maximum Gasteiger partial charge on any atom is 0.246 e. The minimum absolute atomic E-state index is 0. The van der Waals surface area contributed by atoms with E-state index in [1.807, 2.05) is 5.38 Å². The molecular formula is C15H26Cl2N4OS. The summed E-state index contributed by atoms with van der Waals surface area (Å²) in [5, 5.41) is 5.63. The average molecular weight is 381 g/mol. The Morgan fingerprint density at radius 1 is 1.22 bits per heavy atom. The number of carbonyl (C=O) groups is 1. The number of nitrogens with one attached hydrogen (secondary N) is 1. The summed E-state index contributed by atoms with van der Waals surface area (Å²) in [6.45, 7) is 3.20. The number of anilines is 1. The summed E-state index contributed by atoms with van der Waals surface area (Å²) in [6.07, 6.45) is 7.56. The molecule has 0 spiro atoms. The van der Waals surface area contributed by atoms with Crippen molar-refractivity contribution in [1.29, 1.82) is 0 Å². The van der Waals surface area contributed by atoms with Crippen molar-refractivity contribution in [3.05, 3.63) is 11.1 Å². The number of piperidine rings is 1. The number of hydrogen-bond acceptors (Lipinski definition) is 5. The van der Waals surface area contributed by atoms with Crippen LogP contribution in [0.25, 0.3) is 0 Å². The highest BCUT2D eigenvalue weighted by Gasteiger charge is 2.37. The van der Waals surface area contributed by atoms with Crippen molar-refractivity contribution >= 4 is 47.2 Å². The molecule has 8 heteroatoms. The second-order valence-electron chi connectivity index (χ2n) is 6.30. The Bertz CT molecular complexity index is 499. The van der Waals surface area contributed by atoms with E-state index in [0.29, 0.717) is 5.13 Å². The van der Waals surface area contributed by atoms with E-state index >= 15 is 0 Å². The quantitative estimate of drug-likeness (QED) is 0.840. The van der Waals surface area contributed by atoms with Crippen LogP contribution in [0.2, 0.25) is 0 Å². The van der Waals surface area contributed by atoms with Gasteiger partial charge in [-0.3, -0.25) is 9.69 Å². The van der Waals surface area contributed by atoms with Gasteiger partial charge < -0.3 is 11.1 Å². The number of hydrogen-bond donors (Lipinski definition) is 2. The number of amides is 1. The summed E-state index contributed by atoms with van der Waals surface area (Å²) >= 11 is 1.50. The van der Waals surface area contributed by atoms with Gasteiger partial charge in [-0.15, -0.1) is 36.2 Å². The van der Waals surface area contributed by atoms with Crippen molar-refractivity contribution in [3.8, 4) is 0 Å². The minimum atomic E-state index is -0.682. The first kappa shape index (κ1) is 20.6. The molecule has 2 aliphatic rings. The van der Waals surface area contributed by atoms with E-state index in [0.717, 1.165) is 51.0 Å². The molecule has 2 fully saturated rings. The van der Waals surface area contributed by atoms with Crippen LogP contribution in [0.3, 0.4) is 0 Å². The zero-order chi connectivity index (χ0) is 14.7. The zero-order valence-corrected chi connectivity index (χ0v) is 15.7. The molecule has 0 unspecified atom stereocenters. The zero-order valence-electron chi connectivity index (χ0n) is 13.3. The fourth-order valence-corrected chi connectivity index (χ4v) is 3.93. The van der Waals surface area contributed by atoms with E-state index in [1.165, 1.54) is 30.6 Å². The number of rotatable bonds is 4. The standard InChI is InChI=1S/C15H24N4OS.2ClH/c16-15(6-2-3-7-15)13(20)18-14-17-12(11-21-14)10-19-8-4-1-5-9-19;;/h11H,1-10,16H2,(H,17,18,20);2*1H. The number of nitrogens with two attached hydrogens (primary N) is 1. The largest absolute Gasteiger partial charge is 0.317 e. The normalized spacial score (nSPS) is 20.4. The van der Waals surface area contributed by atoms with Crippen LogP contribution in [0.1, 0.15) is 50.6 Å². The second kappa shape index (κ2) is 9.18. The Morgan fingerprint density at radius 3 is 2.52 bits per heavy atom.